The standard InChI is InChI=1S/C10H11ClN2OS/c1-3-6-5(2)15-10-8(6)9(14)12-7(4-11)13-10/h3-4H2,1-2H3,(H,12,13,14). The smallest absolute Gasteiger partial charge is 0.259 e. The Labute approximate surface area is 96.1 Å². The molecule has 2 aromatic rings. The number of thiophene rings is 1. The summed E-state index contributed by atoms with van der Waals surface area (Å²) in [6.45, 7) is 4.06. The molecule has 0 radical (unpaired) electrons. The second-order valence-electron chi connectivity index (χ2n) is 3.32. The molecule has 3 nitrogen and oxygen atoms in total. The van der Waals surface area contributed by atoms with Crippen molar-refractivity contribution in [2.24, 2.45) is 0 Å². The Hall–Kier alpha value is -0.870. The average molecular weight is 243 g/mol. The third kappa shape index (κ3) is 1.68. The molecule has 0 saturated carbocycles. The van der Waals surface area contributed by atoms with Crippen LogP contribution < -0.4 is 5.56 Å². The van der Waals surface area contributed by atoms with Gasteiger partial charge < -0.3 is 4.98 Å². The molecule has 0 aromatic carbocycles. The zero-order valence-electron chi connectivity index (χ0n) is 8.56. The maximum atomic E-state index is 11.8. The van der Waals surface area contributed by atoms with Crippen molar-refractivity contribution in [3.63, 3.8) is 0 Å². The van der Waals surface area contributed by atoms with E-state index in [1.165, 1.54) is 0 Å². The van der Waals surface area contributed by atoms with Gasteiger partial charge in [-0.3, -0.25) is 4.79 Å². The number of nitrogens with one attached hydrogen (secondary N) is 1. The van der Waals surface area contributed by atoms with E-state index in [1.807, 2.05) is 13.8 Å². The van der Waals surface area contributed by atoms with Crippen molar-refractivity contribution < 1.29 is 0 Å². The number of aromatic nitrogens is 2. The molecule has 15 heavy (non-hydrogen) atoms. The molecule has 0 aliphatic carbocycles. The van der Waals surface area contributed by atoms with Gasteiger partial charge in [-0.05, 0) is 18.9 Å². The lowest BCUT2D eigenvalue weighted by Crippen LogP contribution is -2.10. The Morgan fingerprint density at radius 1 is 1.53 bits per heavy atom. The number of alkyl halides is 1. The Balaban J connectivity index is 2.85. The summed E-state index contributed by atoms with van der Waals surface area (Å²) < 4.78 is 0. The van der Waals surface area contributed by atoms with Gasteiger partial charge in [-0.2, -0.15) is 0 Å². The van der Waals surface area contributed by atoms with E-state index < -0.39 is 0 Å². The van der Waals surface area contributed by atoms with Crippen molar-refractivity contribution in [2.75, 3.05) is 0 Å². The molecule has 2 heterocycles. The van der Waals surface area contributed by atoms with Crippen molar-refractivity contribution >= 4 is 33.2 Å². The fraction of sp³-hybridized carbons (Fsp3) is 0.400. The first-order valence-corrected chi connectivity index (χ1v) is 6.09. The summed E-state index contributed by atoms with van der Waals surface area (Å²) in [7, 11) is 0. The molecule has 80 valence electrons. The van der Waals surface area contributed by atoms with Gasteiger partial charge in [0.2, 0.25) is 0 Å². The zero-order valence-corrected chi connectivity index (χ0v) is 10.1. The van der Waals surface area contributed by atoms with E-state index in [2.05, 4.69) is 9.97 Å². The number of hydrogen-bond acceptors (Lipinski definition) is 3. The summed E-state index contributed by atoms with van der Waals surface area (Å²) in [6.07, 6.45) is 0.858. The van der Waals surface area contributed by atoms with E-state index >= 15 is 0 Å². The normalized spacial score (nSPS) is 11.1. The molecular weight excluding hydrogens is 232 g/mol. The number of H-pyrrole nitrogens is 1. The summed E-state index contributed by atoms with van der Waals surface area (Å²) in [5, 5.41) is 0.730. The van der Waals surface area contributed by atoms with E-state index in [0.717, 1.165) is 27.1 Å². The predicted molar refractivity (Wildman–Crippen MR) is 63.9 cm³/mol. The SMILES string of the molecule is CCc1c(C)sc2nc(CCl)[nH]c(=O)c12. The quantitative estimate of drug-likeness (QED) is 0.823. The number of fused-ring (bicyclic) bond motifs is 1. The van der Waals surface area contributed by atoms with Crippen LogP contribution in [0.5, 0.6) is 0 Å². The number of rotatable bonds is 2. The lowest BCUT2D eigenvalue weighted by Gasteiger charge is -1.96. The highest BCUT2D eigenvalue weighted by atomic mass is 35.5. The maximum absolute atomic E-state index is 11.8. The summed E-state index contributed by atoms with van der Waals surface area (Å²) in [6, 6.07) is 0. The minimum Gasteiger partial charge on any atom is -0.309 e. The van der Waals surface area contributed by atoms with E-state index in [0.29, 0.717) is 5.82 Å². The fourth-order valence-electron chi connectivity index (χ4n) is 1.71. The molecule has 2 rings (SSSR count). The monoisotopic (exact) mass is 242 g/mol. The van der Waals surface area contributed by atoms with Gasteiger partial charge in [-0.1, -0.05) is 6.92 Å². The van der Waals surface area contributed by atoms with E-state index in [1.54, 1.807) is 11.3 Å². The Kier molecular flexibility index (Phi) is 2.80. The van der Waals surface area contributed by atoms with Crippen LogP contribution in [0.15, 0.2) is 4.79 Å². The maximum Gasteiger partial charge on any atom is 0.259 e. The van der Waals surface area contributed by atoms with Crippen LogP contribution in [0.2, 0.25) is 0 Å². The van der Waals surface area contributed by atoms with Crippen molar-refractivity contribution in [3.8, 4) is 0 Å². The summed E-state index contributed by atoms with van der Waals surface area (Å²) in [5.74, 6) is 0.780. The van der Waals surface area contributed by atoms with Crippen LogP contribution in [0.25, 0.3) is 10.2 Å². The van der Waals surface area contributed by atoms with Crippen molar-refractivity contribution in [2.45, 2.75) is 26.1 Å². The molecule has 0 atom stereocenters. The van der Waals surface area contributed by atoms with Gasteiger partial charge in [-0.25, -0.2) is 4.98 Å². The Morgan fingerprint density at radius 3 is 2.87 bits per heavy atom. The fourth-order valence-corrected chi connectivity index (χ4v) is 2.97. The second-order valence-corrected chi connectivity index (χ2v) is 4.79. The van der Waals surface area contributed by atoms with Crippen LogP contribution in [0, 0.1) is 6.92 Å². The van der Waals surface area contributed by atoms with Gasteiger partial charge in [0, 0.05) is 4.88 Å². The molecule has 0 aliphatic heterocycles. The lowest BCUT2D eigenvalue weighted by atomic mass is 10.1. The van der Waals surface area contributed by atoms with Gasteiger partial charge in [0.15, 0.2) is 0 Å². The number of hydrogen-bond donors (Lipinski definition) is 1. The molecule has 0 fully saturated rings. The first-order chi connectivity index (χ1) is 7.17. The van der Waals surface area contributed by atoms with Gasteiger partial charge in [0.1, 0.15) is 10.7 Å². The topological polar surface area (TPSA) is 45.8 Å². The Morgan fingerprint density at radius 2 is 2.27 bits per heavy atom. The average Bonchev–Trinajstić information content (AvgIpc) is 2.53. The summed E-state index contributed by atoms with van der Waals surface area (Å²) >= 11 is 7.21. The van der Waals surface area contributed by atoms with Crippen molar-refractivity contribution in [1.82, 2.24) is 9.97 Å². The molecule has 0 aliphatic rings. The number of aryl methyl sites for hydroxylation is 2. The zero-order chi connectivity index (χ0) is 11.0. The van der Waals surface area contributed by atoms with E-state index in [9.17, 15) is 4.79 Å². The van der Waals surface area contributed by atoms with Gasteiger partial charge >= 0.3 is 0 Å². The molecule has 0 bridgehead atoms. The van der Waals surface area contributed by atoms with Crippen LogP contribution >= 0.6 is 22.9 Å². The third-order valence-electron chi connectivity index (χ3n) is 2.39. The third-order valence-corrected chi connectivity index (χ3v) is 3.69. The van der Waals surface area contributed by atoms with E-state index in [4.69, 9.17) is 11.6 Å². The van der Waals surface area contributed by atoms with Crippen LogP contribution in [0.1, 0.15) is 23.2 Å². The second kappa shape index (κ2) is 3.94. The molecule has 0 spiro atoms. The van der Waals surface area contributed by atoms with E-state index in [-0.39, 0.29) is 11.4 Å². The summed E-state index contributed by atoms with van der Waals surface area (Å²) in [5.41, 5.74) is 1.03. The molecule has 1 N–H and O–H groups in total. The number of nitrogens with zero attached hydrogens (tertiary/aromatic N) is 1. The van der Waals surface area contributed by atoms with Crippen LogP contribution in [-0.2, 0) is 12.3 Å². The highest BCUT2D eigenvalue weighted by Crippen LogP contribution is 2.27. The molecule has 0 unspecified atom stereocenters. The predicted octanol–water partition coefficient (Wildman–Crippen LogP) is 2.59. The van der Waals surface area contributed by atoms with Crippen molar-refractivity contribution in [3.05, 3.63) is 26.6 Å². The Bertz CT molecular complexity index is 558. The van der Waals surface area contributed by atoms with Crippen LogP contribution in [-0.4, -0.2) is 9.97 Å². The van der Waals surface area contributed by atoms with Gasteiger partial charge in [-0.15, -0.1) is 22.9 Å². The van der Waals surface area contributed by atoms with Crippen LogP contribution in [0.3, 0.4) is 0 Å². The minimum atomic E-state index is -0.0724. The van der Waals surface area contributed by atoms with Crippen LogP contribution in [0.4, 0.5) is 0 Å². The highest BCUT2D eigenvalue weighted by molar-refractivity contribution is 7.18. The number of halogens is 1. The number of aromatic amines is 1. The highest BCUT2D eigenvalue weighted by Gasteiger charge is 2.12. The molecular formula is C10H11ClN2OS. The summed E-state index contributed by atoms with van der Waals surface area (Å²) in [4.78, 5) is 20.8. The minimum absolute atomic E-state index is 0.0724. The molecule has 5 heteroatoms. The first-order valence-electron chi connectivity index (χ1n) is 4.74. The molecule has 2 aromatic heterocycles. The first kappa shape index (κ1) is 10.6. The lowest BCUT2D eigenvalue weighted by molar-refractivity contribution is 1.03. The molecule has 0 saturated heterocycles. The van der Waals surface area contributed by atoms with Crippen molar-refractivity contribution in [1.29, 1.82) is 0 Å². The van der Waals surface area contributed by atoms with Gasteiger partial charge in [0.25, 0.3) is 5.56 Å². The molecule has 0 amide bonds. The van der Waals surface area contributed by atoms with Gasteiger partial charge in [0.05, 0.1) is 11.3 Å². The largest absolute Gasteiger partial charge is 0.309 e.